The Morgan fingerprint density at radius 2 is 2.16 bits per heavy atom. The van der Waals surface area contributed by atoms with Crippen LogP contribution in [0.2, 0.25) is 0 Å². The zero-order valence-corrected chi connectivity index (χ0v) is 13.3. The van der Waals surface area contributed by atoms with E-state index in [9.17, 15) is 9.18 Å². The van der Waals surface area contributed by atoms with Crippen LogP contribution in [-0.4, -0.2) is 19.7 Å². The second-order valence-electron chi connectivity index (χ2n) is 5.48. The SMILES string of the molecule is CCn1cc(-c2nc(-c3cccnc3)no2)c(=O)c2cc(F)ccc21. The number of aromatic nitrogens is 4. The van der Waals surface area contributed by atoms with Gasteiger partial charge in [0, 0.05) is 36.1 Å². The maximum absolute atomic E-state index is 13.6. The third kappa shape index (κ3) is 2.59. The normalized spacial score (nSPS) is 11.1. The van der Waals surface area contributed by atoms with Crippen LogP contribution in [0.3, 0.4) is 0 Å². The molecule has 0 radical (unpaired) electrons. The molecule has 0 saturated heterocycles. The van der Waals surface area contributed by atoms with Gasteiger partial charge >= 0.3 is 0 Å². The molecule has 0 saturated carbocycles. The second kappa shape index (κ2) is 5.94. The van der Waals surface area contributed by atoms with Crippen molar-refractivity contribution >= 4 is 10.9 Å². The Morgan fingerprint density at radius 1 is 1.28 bits per heavy atom. The molecule has 124 valence electrons. The number of hydrogen-bond donors (Lipinski definition) is 0. The zero-order valence-electron chi connectivity index (χ0n) is 13.3. The van der Waals surface area contributed by atoms with Crippen molar-refractivity contribution in [3.63, 3.8) is 0 Å². The highest BCUT2D eigenvalue weighted by Gasteiger charge is 2.17. The first-order valence-electron chi connectivity index (χ1n) is 7.74. The van der Waals surface area contributed by atoms with Gasteiger partial charge < -0.3 is 9.09 Å². The minimum atomic E-state index is -0.467. The smallest absolute Gasteiger partial charge is 0.263 e. The summed E-state index contributed by atoms with van der Waals surface area (Å²) in [6, 6.07) is 7.71. The van der Waals surface area contributed by atoms with Crippen molar-refractivity contribution in [3.8, 4) is 22.8 Å². The van der Waals surface area contributed by atoms with E-state index in [2.05, 4.69) is 15.1 Å². The molecular formula is C18H13FN4O2. The van der Waals surface area contributed by atoms with E-state index < -0.39 is 5.82 Å². The maximum Gasteiger partial charge on any atom is 0.263 e. The molecule has 7 heteroatoms. The van der Waals surface area contributed by atoms with Crippen molar-refractivity contribution in [2.24, 2.45) is 0 Å². The Balaban J connectivity index is 1.91. The Morgan fingerprint density at radius 3 is 2.92 bits per heavy atom. The topological polar surface area (TPSA) is 73.8 Å². The maximum atomic E-state index is 13.6. The lowest BCUT2D eigenvalue weighted by atomic mass is 10.1. The molecule has 0 unspecified atom stereocenters. The molecule has 0 bridgehead atoms. The quantitative estimate of drug-likeness (QED) is 0.574. The largest absolute Gasteiger partial charge is 0.347 e. The van der Waals surface area contributed by atoms with Crippen LogP contribution < -0.4 is 5.43 Å². The molecule has 0 atom stereocenters. The lowest BCUT2D eigenvalue weighted by molar-refractivity contribution is 0.431. The third-order valence-electron chi connectivity index (χ3n) is 3.96. The van der Waals surface area contributed by atoms with E-state index >= 15 is 0 Å². The zero-order chi connectivity index (χ0) is 17.4. The van der Waals surface area contributed by atoms with Gasteiger partial charge in [0.15, 0.2) is 0 Å². The summed E-state index contributed by atoms with van der Waals surface area (Å²) in [5.41, 5.74) is 1.23. The van der Waals surface area contributed by atoms with E-state index in [0.717, 1.165) is 0 Å². The van der Waals surface area contributed by atoms with Gasteiger partial charge in [0.25, 0.3) is 5.89 Å². The predicted molar refractivity (Wildman–Crippen MR) is 90.4 cm³/mol. The van der Waals surface area contributed by atoms with Crippen LogP contribution >= 0.6 is 0 Å². The first kappa shape index (κ1) is 15.2. The molecule has 0 fully saturated rings. The highest BCUT2D eigenvalue weighted by Crippen LogP contribution is 2.22. The molecule has 0 N–H and O–H groups in total. The van der Waals surface area contributed by atoms with Crippen LogP contribution in [0.25, 0.3) is 33.7 Å². The first-order chi connectivity index (χ1) is 12.2. The molecule has 0 spiro atoms. The van der Waals surface area contributed by atoms with Crippen LogP contribution in [-0.2, 0) is 6.54 Å². The van der Waals surface area contributed by atoms with E-state index in [4.69, 9.17) is 4.52 Å². The number of aryl methyl sites for hydroxylation is 1. The van der Waals surface area contributed by atoms with Crippen molar-refractivity contribution in [3.05, 3.63) is 65.0 Å². The van der Waals surface area contributed by atoms with Gasteiger partial charge in [-0.25, -0.2) is 4.39 Å². The van der Waals surface area contributed by atoms with Crippen molar-refractivity contribution in [1.29, 1.82) is 0 Å². The van der Waals surface area contributed by atoms with Crippen molar-refractivity contribution in [1.82, 2.24) is 19.7 Å². The lowest BCUT2D eigenvalue weighted by Gasteiger charge is -2.09. The molecule has 25 heavy (non-hydrogen) atoms. The first-order valence-corrected chi connectivity index (χ1v) is 7.74. The van der Waals surface area contributed by atoms with Crippen LogP contribution in [0.1, 0.15) is 6.92 Å². The molecule has 0 amide bonds. The van der Waals surface area contributed by atoms with Crippen LogP contribution in [0.5, 0.6) is 0 Å². The predicted octanol–water partition coefficient (Wildman–Crippen LogP) is 3.27. The number of rotatable bonds is 3. The van der Waals surface area contributed by atoms with Gasteiger partial charge in [-0.1, -0.05) is 5.16 Å². The van der Waals surface area contributed by atoms with E-state index in [0.29, 0.717) is 23.4 Å². The van der Waals surface area contributed by atoms with Gasteiger partial charge in [-0.05, 0) is 37.3 Å². The summed E-state index contributed by atoms with van der Waals surface area (Å²) < 4.78 is 20.7. The number of nitrogens with zero attached hydrogens (tertiary/aromatic N) is 4. The highest BCUT2D eigenvalue weighted by atomic mass is 19.1. The van der Waals surface area contributed by atoms with Crippen LogP contribution in [0.15, 0.2) is 58.2 Å². The summed E-state index contributed by atoms with van der Waals surface area (Å²) in [6.07, 6.45) is 4.90. The van der Waals surface area contributed by atoms with Crippen LogP contribution in [0, 0.1) is 5.82 Å². The van der Waals surface area contributed by atoms with E-state index in [1.807, 2.05) is 11.5 Å². The van der Waals surface area contributed by atoms with Gasteiger partial charge in [-0.2, -0.15) is 4.98 Å². The van der Waals surface area contributed by atoms with Gasteiger partial charge in [-0.3, -0.25) is 9.78 Å². The monoisotopic (exact) mass is 336 g/mol. The number of benzene rings is 1. The number of pyridine rings is 2. The second-order valence-corrected chi connectivity index (χ2v) is 5.48. The fourth-order valence-corrected chi connectivity index (χ4v) is 2.73. The summed E-state index contributed by atoms with van der Waals surface area (Å²) in [7, 11) is 0. The van der Waals surface area contributed by atoms with Gasteiger partial charge in [-0.15, -0.1) is 0 Å². The van der Waals surface area contributed by atoms with Crippen LogP contribution in [0.4, 0.5) is 4.39 Å². The lowest BCUT2D eigenvalue weighted by Crippen LogP contribution is -2.12. The Bertz CT molecular complexity index is 1120. The van der Waals surface area contributed by atoms with Gasteiger partial charge in [0.1, 0.15) is 11.4 Å². The summed E-state index contributed by atoms with van der Waals surface area (Å²) in [6.45, 7) is 2.55. The Kier molecular flexibility index (Phi) is 3.61. The fourth-order valence-electron chi connectivity index (χ4n) is 2.73. The number of hydrogen-bond acceptors (Lipinski definition) is 5. The number of halogens is 1. The minimum absolute atomic E-state index is 0.0946. The molecule has 4 rings (SSSR count). The molecule has 0 aliphatic heterocycles. The Labute approximate surface area is 141 Å². The highest BCUT2D eigenvalue weighted by molar-refractivity contribution is 5.83. The third-order valence-corrected chi connectivity index (χ3v) is 3.96. The van der Waals surface area contributed by atoms with Gasteiger partial charge in [0.05, 0.1) is 5.52 Å². The molecule has 0 aliphatic carbocycles. The fraction of sp³-hybridized carbons (Fsp3) is 0.111. The summed E-state index contributed by atoms with van der Waals surface area (Å²) in [5, 5.41) is 4.19. The summed E-state index contributed by atoms with van der Waals surface area (Å²) >= 11 is 0. The van der Waals surface area contributed by atoms with E-state index in [1.54, 1.807) is 36.8 Å². The van der Waals surface area contributed by atoms with Crippen molar-refractivity contribution in [2.45, 2.75) is 13.5 Å². The van der Waals surface area contributed by atoms with E-state index in [-0.39, 0.29) is 22.3 Å². The molecule has 3 aromatic heterocycles. The summed E-state index contributed by atoms with van der Waals surface area (Å²) in [5.74, 6) is -0.0342. The molecule has 1 aromatic carbocycles. The standard InChI is InChI=1S/C18H13FN4O2/c1-2-23-10-14(16(24)13-8-12(19)5-6-15(13)23)18-21-17(22-25-18)11-4-3-7-20-9-11/h3-10H,2H2,1H3. The minimum Gasteiger partial charge on any atom is -0.347 e. The van der Waals surface area contributed by atoms with Crippen molar-refractivity contribution < 1.29 is 8.91 Å². The van der Waals surface area contributed by atoms with Crippen molar-refractivity contribution in [2.75, 3.05) is 0 Å². The molecule has 3 heterocycles. The molecular weight excluding hydrogens is 323 g/mol. The van der Waals surface area contributed by atoms with Gasteiger partial charge in [0.2, 0.25) is 11.3 Å². The average molecular weight is 336 g/mol. The van der Waals surface area contributed by atoms with E-state index in [1.165, 1.54) is 12.1 Å². The molecule has 4 aromatic rings. The molecule has 0 aliphatic rings. The molecule has 6 nitrogen and oxygen atoms in total. The average Bonchev–Trinajstić information content (AvgIpc) is 3.13. The number of fused-ring (bicyclic) bond motifs is 1. The Hall–Kier alpha value is -3.35. The summed E-state index contributed by atoms with van der Waals surface area (Å²) in [4.78, 5) is 21.1.